The minimum absolute atomic E-state index is 0.0335. The lowest BCUT2D eigenvalue weighted by Gasteiger charge is -2.26. The van der Waals surface area contributed by atoms with Gasteiger partial charge >= 0.3 is 0 Å². The van der Waals surface area contributed by atoms with Crippen molar-refractivity contribution in [3.8, 4) is 0 Å². The number of ether oxygens (including phenoxy) is 1. The van der Waals surface area contributed by atoms with Gasteiger partial charge in [-0.1, -0.05) is 13.0 Å². The van der Waals surface area contributed by atoms with Crippen molar-refractivity contribution in [2.75, 3.05) is 7.11 Å². The fourth-order valence-corrected chi connectivity index (χ4v) is 1.87. The minimum Gasteiger partial charge on any atom is -0.379 e. The highest BCUT2D eigenvalue weighted by atomic mass is 16.5. The topological polar surface area (TPSA) is 22.1 Å². The minimum atomic E-state index is -0.0335. The van der Waals surface area contributed by atoms with E-state index in [4.69, 9.17) is 4.74 Å². The number of rotatable bonds is 5. The molecule has 84 valence electrons. The molecular formula is C13H21NO. The largest absolute Gasteiger partial charge is 0.379 e. The van der Waals surface area contributed by atoms with Gasteiger partial charge in [0.25, 0.3) is 0 Å². The van der Waals surface area contributed by atoms with Crippen LogP contribution in [-0.4, -0.2) is 17.7 Å². The van der Waals surface area contributed by atoms with Crippen LogP contribution < -0.4 is 0 Å². The zero-order valence-corrected chi connectivity index (χ0v) is 10.2. The van der Waals surface area contributed by atoms with E-state index in [-0.39, 0.29) is 5.60 Å². The van der Waals surface area contributed by atoms with Crippen molar-refractivity contribution >= 4 is 0 Å². The lowest BCUT2D eigenvalue weighted by Crippen LogP contribution is -2.26. The van der Waals surface area contributed by atoms with Crippen LogP contribution in [0, 0.1) is 5.92 Å². The fourth-order valence-electron chi connectivity index (χ4n) is 1.87. The van der Waals surface area contributed by atoms with Crippen molar-refractivity contribution in [3.63, 3.8) is 0 Å². The van der Waals surface area contributed by atoms with Crippen LogP contribution in [0.15, 0.2) is 24.4 Å². The Labute approximate surface area is 92.7 Å². The molecule has 1 atom stereocenters. The molecule has 1 unspecified atom stereocenters. The summed E-state index contributed by atoms with van der Waals surface area (Å²) in [4.78, 5) is 4.33. The molecule has 0 aliphatic carbocycles. The van der Waals surface area contributed by atoms with E-state index >= 15 is 0 Å². The first kappa shape index (κ1) is 12.2. The number of nitrogens with zero attached hydrogens (tertiary/aromatic N) is 1. The quantitative estimate of drug-likeness (QED) is 0.740. The van der Waals surface area contributed by atoms with Gasteiger partial charge in [0.1, 0.15) is 0 Å². The molecule has 0 aromatic carbocycles. The summed E-state index contributed by atoms with van der Waals surface area (Å²) < 4.78 is 5.43. The molecule has 2 nitrogen and oxygen atoms in total. The maximum Gasteiger partial charge on any atom is 0.0625 e. The van der Waals surface area contributed by atoms with Crippen molar-refractivity contribution in [1.82, 2.24) is 4.98 Å². The van der Waals surface area contributed by atoms with Gasteiger partial charge in [-0.3, -0.25) is 4.98 Å². The highest BCUT2D eigenvalue weighted by Crippen LogP contribution is 2.21. The molecule has 15 heavy (non-hydrogen) atoms. The lowest BCUT2D eigenvalue weighted by atomic mass is 9.91. The van der Waals surface area contributed by atoms with Crippen LogP contribution in [0.1, 0.15) is 32.9 Å². The summed E-state index contributed by atoms with van der Waals surface area (Å²) in [5.74, 6) is 0.592. The molecule has 0 aliphatic rings. The molecule has 0 saturated carbocycles. The van der Waals surface area contributed by atoms with E-state index in [1.165, 1.54) is 0 Å². The van der Waals surface area contributed by atoms with Gasteiger partial charge in [-0.05, 0) is 44.7 Å². The van der Waals surface area contributed by atoms with Gasteiger partial charge in [0.05, 0.1) is 5.60 Å². The Kier molecular flexibility index (Phi) is 4.28. The smallest absolute Gasteiger partial charge is 0.0625 e. The Morgan fingerprint density at radius 1 is 1.40 bits per heavy atom. The SMILES string of the molecule is COC(C)(C)CC(C)Cc1ccccn1. The predicted molar refractivity (Wildman–Crippen MR) is 62.8 cm³/mol. The standard InChI is InChI=1S/C13H21NO/c1-11(10-13(2,3)15-4)9-12-7-5-6-8-14-12/h5-8,11H,9-10H2,1-4H3. The van der Waals surface area contributed by atoms with E-state index in [1.807, 2.05) is 18.3 Å². The van der Waals surface area contributed by atoms with Crippen molar-refractivity contribution < 1.29 is 4.74 Å². The monoisotopic (exact) mass is 207 g/mol. The van der Waals surface area contributed by atoms with Crippen LogP contribution in [0.4, 0.5) is 0 Å². The van der Waals surface area contributed by atoms with Crippen LogP contribution in [0.5, 0.6) is 0 Å². The molecule has 0 saturated heterocycles. The molecule has 2 heteroatoms. The van der Waals surface area contributed by atoms with Crippen LogP contribution in [0.2, 0.25) is 0 Å². The van der Waals surface area contributed by atoms with Gasteiger partial charge in [0.15, 0.2) is 0 Å². The van der Waals surface area contributed by atoms with Crippen molar-refractivity contribution in [1.29, 1.82) is 0 Å². The van der Waals surface area contributed by atoms with Crippen LogP contribution >= 0.6 is 0 Å². The molecule has 0 fully saturated rings. The third-order valence-electron chi connectivity index (χ3n) is 2.68. The first-order chi connectivity index (χ1) is 7.03. The Balaban J connectivity index is 2.46. The molecule has 0 amide bonds. The highest BCUT2D eigenvalue weighted by Gasteiger charge is 2.20. The number of hydrogen-bond acceptors (Lipinski definition) is 2. The molecular weight excluding hydrogens is 186 g/mol. The number of aromatic nitrogens is 1. The zero-order valence-electron chi connectivity index (χ0n) is 10.2. The second kappa shape index (κ2) is 5.26. The Bertz CT molecular complexity index is 282. The van der Waals surface area contributed by atoms with Crippen LogP contribution in [0.25, 0.3) is 0 Å². The summed E-state index contributed by atoms with van der Waals surface area (Å²) in [7, 11) is 1.77. The molecule has 0 N–H and O–H groups in total. The Morgan fingerprint density at radius 3 is 2.67 bits per heavy atom. The summed E-state index contributed by atoms with van der Waals surface area (Å²) in [6.07, 6.45) is 3.93. The van der Waals surface area contributed by atoms with Gasteiger partial charge < -0.3 is 4.74 Å². The van der Waals surface area contributed by atoms with Gasteiger partial charge in [-0.25, -0.2) is 0 Å². The number of pyridine rings is 1. The molecule has 0 bridgehead atoms. The molecule has 1 heterocycles. The summed E-state index contributed by atoms with van der Waals surface area (Å²) in [5.41, 5.74) is 1.13. The molecule has 1 aromatic rings. The molecule has 1 rings (SSSR count). The first-order valence-corrected chi connectivity index (χ1v) is 5.48. The summed E-state index contributed by atoms with van der Waals surface area (Å²) >= 11 is 0. The van der Waals surface area contributed by atoms with Crippen molar-refractivity contribution in [2.45, 2.75) is 39.2 Å². The van der Waals surface area contributed by atoms with Crippen molar-refractivity contribution in [3.05, 3.63) is 30.1 Å². The second-order valence-corrected chi connectivity index (χ2v) is 4.80. The normalized spacial score (nSPS) is 13.9. The van der Waals surface area contributed by atoms with E-state index in [2.05, 4.69) is 31.8 Å². The summed E-state index contributed by atoms with van der Waals surface area (Å²) in [6, 6.07) is 6.07. The molecule has 0 radical (unpaired) electrons. The van der Waals surface area contributed by atoms with Gasteiger partial charge in [0.2, 0.25) is 0 Å². The average Bonchev–Trinajstić information content (AvgIpc) is 2.18. The van der Waals surface area contributed by atoms with E-state index in [0.717, 1.165) is 18.5 Å². The third kappa shape index (κ3) is 4.43. The highest BCUT2D eigenvalue weighted by molar-refractivity contribution is 5.04. The van der Waals surface area contributed by atoms with Gasteiger partial charge in [-0.15, -0.1) is 0 Å². The maximum atomic E-state index is 5.43. The predicted octanol–water partition coefficient (Wildman–Crippen LogP) is 3.08. The average molecular weight is 207 g/mol. The maximum absolute atomic E-state index is 5.43. The number of hydrogen-bond donors (Lipinski definition) is 0. The molecule has 0 spiro atoms. The van der Waals surface area contributed by atoms with Crippen molar-refractivity contribution in [2.24, 2.45) is 5.92 Å². The fraction of sp³-hybridized carbons (Fsp3) is 0.615. The second-order valence-electron chi connectivity index (χ2n) is 4.80. The van der Waals surface area contributed by atoms with Gasteiger partial charge in [0, 0.05) is 19.0 Å². The third-order valence-corrected chi connectivity index (χ3v) is 2.68. The van der Waals surface area contributed by atoms with E-state index in [0.29, 0.717) is 5.92 Å². The first-order valence-electron chi connectivity index (χ1n) is 5.48. The number of methoxy groups -OCH3 is 1. The molecule has 0 aliphatic heterocycles. The van der Waals surface area contributed by atoms with E-state index in [9.17, 15) is 0 Å². The molecule has 1 aromatic heterocycles. The van der Waals surface area contributed by atoms with Crippen LogP contribution in [0.3, 0.4) is 0 Å². The summed E-state index contributed by atoms with van der Waals surface area (Å²) in [6.45, 7) is 6.50. The zero-order chi connectivity index (χ0) is 11.3. The Morgan fingerprint density at radius 2 is 2.13 bits per heavy atom. The van der Waals surface area contributed by atoms with E-state index < -0.39 is 0 Å². The van der Waals surface area contributed by atoms with Crippen LogP contribution in [-0.2, 0) is 11.2 Å². The Hall–Kier alpha value is -0.890. The van der Waals surface area contributed by atoms with Gasteiger partial charge in [-0.2, -0.15) is 0 Å². The lowest BCUT2D eigenvalue weighted by molar-refractivity contribution is 0.00384. The van der Waals surface area contributed by atoms with E-state index in [1.54, 1.807) is 7.11 Å². The summed E-state index contributed by atoms with van der Waals surface area (Å²) in [5, 5.41) is 0.